The Bertz CT molecular complexity index is 916. The number of carbonyl (C=O) groups excluding carboxylic acids is 1. The zero-order chi connectivity index (χ0) is 20.4. The van der Waals surface area contributed by atoms with Crippen LogP contribution in [0.3, 0.4) is 0 Å². The molecule has 2 heterocycles. The summed E-state index contributed by atoms with van der Waals surface area (Å²) >= 11 is 0. The Hall–Kier alpha value is -2.53. The molecule has 0 N–H and O–H groups in total. The molecule has 0 saturated carbocycles. The molecular formula is C24H28FN3O. The number of amides is 1. The lowest BCUT2D eigenvalue weighted by atomic mass is 9.94. The van der Waals surface area contributed by atoms with Gasteiger partial charge in [0.15, 0.2) is 0 Å². The average Bonchev–Trinajstić information content (AvgIpc) is 3.16. The van der Waals surface area contributed by atoms with Gasteiger partial charge >= 0.3 is 0 Å². The van der Waals surface area contributed by atoms with Gasteiger partial charge in [-0.3, -0.25) is 9.69 Å². The van der Waals surface area contributed by atoms with Crippen LogP contribution < -0.4 is 0 Å². The Morgan fingerprint density at radius 3 is 2.52 bits per heavy atom. The molecule has 2 aromatic rings. The molecule has 0 unspecified atom stereocenters. The van der Waals surface area contributed by atoms with Gasteiger partial charge in [0, 0.05) is 6.42 Å². The minimum Gasteiger partial charge on any atom is -0.294 e. The van der Waals surface area contributed by atoms with Gasteiger partial charge in [-0.15, -0.1) is 0 Å². The third kappa shape index (κ3) is 4.40. The zero-order valence-corrected chi connectivity index (χ0v) is 17.2. The van der Waals surface area contributed by atoms with Crippen molar-refractivity contribution in [2.45, 2.75) is 45.6 Å². The van der Waals surface area contributed by atoms with Crippen LogP contribution in [-0.2, 0) is 4.79 Å². The third-order valence-corrected chi connectivity index (χ3v) is 5.94. The minimum absolute atomic E-state index is 0.0370. The van der Waals surface area contributed by atoms with E-state index in [4.69, 9.17) is 5.10 Å². The maximum atomic E-state index is 13.4. The van der Waals surface area contributed by atoms with Gasteiger partial charge in [0.05, 0.1) is 18.3 Å². The number of likely N-dealkylation sites (tertiary alicyclic amines) is 1. The summed E-state index contributed by atoms with van der Waals surface area (Å²) in [6.07, 6.45) is 4.18. The molecule has 0 radical (unpaired) electrons. The Balaban J connectivity index is 1.64. The summed E-state index contributed by atoms with van der Waals surface area (Å²) in [5.74, 6) is -0.230. The SMILES string of the molecule is Cc1ccc(C)c([C@H]2CC(c3ccc(F)cc3)=NN2C(=O)CN2CCCCC2)c1. The number of hydrogen-bond donors (Lipinski definition) is 0. The average molecular weight is 394 g/mol. The highest BCUT2D eigenvalue weighted by Crippen LogP contribution is 2.35. The van der Waals surface area contributed by atoms with Crippen LogP contribution in [0.4, 0.5) is 4.39 Å². The third-order valence-electron chi connectivity index (χ3n) is 5.94. The van der Waals surface area contributed by atoms with Crippen LogP contribution in [0.15, 0.2) is 47.6 Å². The molecule has 1 amide bonds. The Morgan fingerprint density at radius 1 is 1.07 bits per heavy atom. The summed E-state index contributed by atoms with van der Waals surface area (Å²) in [5, 5.41) is 6.41. The van der Waals surface area contributed by atoms with Crippen LogP contribution in [0.2, 0.25) is 0 Å². The molecule has 29 heavy (non-hydrogen) atoms. The number of nitrogens with zero attached hydrogens (tertiary/aromatic N) is 3. The molecule has 2 aliphatic heterocycles. The van der Waals surface area contributed by atoms with E-state index in [1.165, 1.54) is 24.1 Å². The second-order valence-corrected chi connectivity index (χ2v) is 8.21. The second kappa shape index (κ2) is 8.46. The largest absolute Gasteiger partial charge is 0.294 e. The second-order valence-electron chi connectivity index (χ2n) is 8.21. The molecule has 1 saturated heterocycles. The fourth-order valence-corrected chi connectivity index (χ4v) is 4.30. The molecule has 2 aliphatic rings. The maximum absolute atomic E-state index is 13.4. The number of rotatable bonds is 4. The summed E-state index contributed by atoms with van der Waals surface area (Å²) < 4.78 is 13.4. The van der Waals surface area contributed by atoms with Gasteiger partial charge in [0.2, 0.25) is 0 Å². The Labute approximate surface area is 172 Å². The summed E-state index contributed by atoms with van der Waals surface area (Å²) in [4.78, 5) is 15.5. The van der Waals surface area contributed by atoms with Crippen molar-refractivity contribution in [2.24, 2.45) is 5.10 Å². The summed E-state index contributed by atoms with van der Waals surface area (Å²) in [6, 6.07) is 12.6. The Kier molecular flexibility index (Phi) is 5.76. The lowest BCUT2D eigenvalue weighted by Crippen LogP contribution is -2.40. The van der Waals surface area contributed by atoms with Gasteiger partial charge in [-0.1, -0.05) is 42.3 Å². The van der Waals surface area contributed by atoms with E-state index in [1.54, 1.807) is 17.1 Å². The summed E-state index contributed by atoms with van der Waals surface area (Å²) in [7, 11) is 0. The van der Waals surface area contributed by atoms with Crippen molar-refractivity contribution in [1.82, 2.24) is 9.91 Å². The molecule has 4 nitrogen and oxygen atoms in total. The van der Waals surface area contributed by atoms with Gasteiger partial charge in [-0.05, 0) is 68.6 Å². The molecule has 0 aromatic heterocycles. The summed E-state index contributed by atoms with van der Waals surface area (Å²) in [5.41, 5.74) is 5.17. The zero-order valence-electron chi connectivity index (χ0n) is 17.2. The lowest BCUT2D eigenvalue weighted by Gasteiger charge is -2.29. The predicted molar refractivity (Wildman–Crippen MR) is 113 cm³/mol. The monoisotopic (exact) mass is 393 g/mol. The minimum atomic E-state index is -0.267. The lowest BCUT2D eigenvalue weighted by molar-refractivity contribution is -0.134. The van der Waals surface area contributed by atoms with Crippen LogP contribution in [0.5, 0.6) is 0 Å². The molecule has 0 spiro atoms. The normalized spacial score (nSPS) is 20.0. The highest BCUT2D eigenvalue weighted by Gasteiger charge is 2.34. The number of carbonyl (C=O) groups is 1. The van der Waals surface area contributed by atoms with Gasteiger partial charge < -0.3 is 0 Å². The van der Waals surface area contributed by atoms with Crippen LogP contribution >= 0.6 is 0 Å². The van der Waals surface area contributed by atoms with E-state index >= 15 is 0 Å². The first kappa shape index (κ1) is 19.8. The van der Waals surface area contributed by atoms with E-state index in [0.29, 0.717) is 13.0 Å². The molecule has 4 rings (SSSR count). The van der Waals surface area contributed by atoms with Crippen molar-refractivity contribution in [3.05, 3.63) is 70.5 Å². The first-order valence-corrected chi connectivity index (χ1v) is 10.5. The standard InChI is InChI=1S/C24H28FN3O/c1-17-6-7-18(2)21(14-17)23-15-22(19-8-10-20(25)11-9-19)26-28(23)24(29)16-27-12-4-3-5-13-27/h6-11,14,23H,3-5,12-13,15-16H2,1-2H3/t23-/m1/s1. The molecule has 1 atom stereocenters. The van der Waals surface area contributed by atoms with Crippen LogP contribution in [0.1, 0.15) is 54.0 Å². The molecule has 5 heteroatoms. The van der Waals surface area contributed by atoms with Gasteiger partial charge in [-0.25, -0.2) is 9.40 Å². The van der Waals surface area contributed by atoms with E-state index in [1.807, 2.05) is 0 Å². The van der Waals surface area contributed by atoms with Gasteiger partial charge in [-0.2, -0.15) is 5.10 Å². The summed E-state index contributed by atoms with van der Waals surface area (Å²) in [6.45, 7) is 6.50. The topological polar surface area (TPSA) is 35.9 Å². The smallest absolute Gasteiger partial charge is 0.257 e. The number of hydrazone groups is 1. The van der Waals surface area contributed by atoms with Crippen molar-refractivity contribution < 1.29 is 9.18 Å². The fourth-order valence-electron chi connectivity index (χ4n) is 4.30. The molecule has 152 valence electrons. The molecular weight excluding hydrogens is 365 g/mol. The van der Waals surface area contributed by atoms with Crippen LogP contribution in [0.25, 0.3) is 0 Å². The number of hydrogen-bond acceptors (Lipinski definition) is 3. The van der Waals surface area contributed by atoms with Crippen molar-refractivity contribution in [1.29, 1.82) is 0 Å². The van der Waals surface area contributed by atoms with Crippen molar-refractivity contribution in [2.75, 3.05) is 19.6 Å². The first-order chi connectivity index (χ1) is 14.0. The van der Waals surface area contributed by atoms with Crippen molar-refractivity contribution in [3.8, 4) is 0 Å². The Morgan fingerprint density at radius 2 is 1.79 bits per heavy atom. The highest BCUT2D eigenvalue weighted by molar-refractivity contribution is 6.03. The number of aryl methyl sites for hydroxylation is 2. The fraction of sp³-hybridized carbons (Fsp3) is 0.417. The van der Waals surface area contributed by atoms with E-state index in [2.05, 4.69) is 36.9 Å². The first-order valence-electron chi connectivity index (χ1n) is 10.5. The molecule has 0 bridgehead atoms. The van der Waals surface area contributed by atoms with Gasteiger partial charge in [0.1, 0.15) is 5.82 Å². The van der Waals surface area contributed by atoms with E-state index in [-0.39, 0.29) is 17.8 Å². The molecule has 1 fully saturated rings. The van der Waals surface area contributed by atoms with Crippen LogP contribution in [-0.4, -0.2) is 41.2 Å². The number of halogens is 1. The quantitative estimate of drug-likeness (QED) is 0.761. The predicted octanol–water partition coefficient (Wildman–Crippen LogP) is 4.61. The number of benzene rings is 2. The van der Waals surface area contributed by atoms with E-state index in [9.17, 15) is 9.18 Å². The van der Waals surface area contributed by atoms with Crippen molar-refractivity contribution in [3.63, 3.8) is 0 Å². The number of piperidine rings is 1. The van der Waals surface area contributed by atoms with Crippen LogP contribution in [0, 0.1) is 19.7 Å². The highest BCUT2D eigenvalue weighted by atomic mass is 19.1. The molecule has 2 aromatic carbocycles. The molecule has 0 aliphatic carbocycles. The van der Waals surface area contributed by atoms with Crippen molar-refractivity contribution >= 4 is 11.6 Å². The maximum Gasteiger partial charge on any atom is 0.257 e. The van der Waals surface area contributed by atoms with E-state index in [0.717, 1.165) is 48.3 Å². The van der Waals surface area contributed by atoms with E-state index < -0.39 is 0 Å². The van der Waals surface area contributed by atoms with Gasteiger partial charge in [0.25, 0.3) is 5.91 Å².